The summed E-state index contributed by atoms with van der Waals surface area (Å²) < 4.78 is 28.1. The van der Waals surface area contributed by atoms with Crippen LogP contribution in [0.15, 0.2) is 17.3 Å². The van der Waals surface area contributed by atoms with Gasteiger partial charge < -0.3 is 15.8 Å². The van der Waals surface area contributed by atoms with Crippen molar-refractivity contribution < 1.29 is 14.0 Å². The second-order valence-electron chi connectivity index (χ2n) is 4.56. The average molecular weight is 271 g/mol. The Morgan fingerprint density at radius 1 is 1.37 bits per heavy atom. The van der Waals surface area contributed by atoms with Gasteiger partial charge in [0.05, 0.1) is 0 Å². The van der Waals surface area contributed by atoms with Gasteiger partial charge in [0.1, 0.15) is 17.3 Å². The molecule has 0 atom stereocenters. The van der Waals surface area contributed by atoms with E-state index in [1.54, 1.807) is 4.90 Å². The van der Waals surface area contributed by atoms with E-state index in [0.717, 1.165) is 18.6 Å². The third kappa shape index (κ3) is 3.33. The van der Waals surface area contributed by atoms with Crippen LogP contribution in [0.25, 0.3) is 0 Å². The molecule has 19 heavy (non-hydrogen) atoms. The van der Waals surface area contributed by atoms with Crippen LogP contribution in [0.3, 0.4) is 0 Å². The summed E-state index contributed by atoms with van der Waals surface area (Å²) in [4.78, 5) is 1.65. The molecule has 0 amide bonds. The van der Waals surface area contributed by atoms with Gasteiger partial charge in [-0.3, -0.25) is 0 Å². The maximum absolute atomic E-state index is 14.1. The second kappa shape index (κ2) is 6.36. The number of rotatable bonds is 5. The fourth-order valence-corrected chi connectivity index (χ4v) is 1.91. The van der Waals surface area contributed by atoms with E-state index in [4.69, 9.17) is 10.9 Å². The summed E-state index contributed by atoms with van der Waals surface area (Å²) in [6, 6.07) is 2.11. The van der Waals surface area contributed by atoms with Crippen LogP contribution >= 0.6 is 0 Å². The molecule has 0 saturated carbocycles. The van der Waals surface area contributed by atoms with Gasteiger partial charge in [0, 0.05) is 18.2 Å². The lowest BCUT2D eigenvalue weighted by Crippen LogP contribution is -2.33. The Balaban J connectivity index is 3.29. The molecule has 0 unspecified atom stereocenters. The van der Waals surface area contributed by atoms with Crippen LogP contribution in [0.5, 0.6) is 0 Å². The van der Waals surface area contributed by atoms with Crippen molar-refractivity contribution >= 4 is 11.5 Å². The molecule has 0 bridgehead atoms. The predicted octanol–water partition coefficient (Wildman–Crippen LogP) is 2.68. The Morgan fingerprint density at radius 3 is 2.26 bits per heavy atom. The van der Waals surface area contributed by atoms with Crippen molar-refractivity contribution in [1.29, 1.82) is 0 Å². The molecular formula is C13H19F2N3O. The number of benzene rings is 1. The van der Waals surface area contributed by atoms with Crippen LogP contribution < -0.4 is 10.6 Å². The van der Waals surface area contributed by atoms with Crippen molar-refractivity contribution in [2.24, 2.45) is 10.9 Å². The number of nitrogens with two attached hydrogens (primary N) is 1. The van der Waals surface area contributed by atoms with Crippen LogP contribution in [0.1, 0.15) is 32.8 Å². The highest BCUT2D eigenvalue weighted by Crippen LogP contribution is 2.27. The maximum Gasteiger partial charge on any atom is 0.170 e. The van der Waals surface area contributed by atoms with Crippen molar-refractivity contribution in [3.63, 3.8) is 0 Å². The molecule has 0 aliphatic rings. The SMILES string of the molecule is CCCN(c1c(F)cc(C(N)=NO)cc1F)C(C)C. The first-order valence-corrected chi connectivity index (χ1v) is 6.15. The van der Waals surface area contributed by atoms with E-state index in [1.807, 2.05) is 20.8 Å². The van der Waals surface area contributed by atoms with Gasteiger partial charge in [0.2, 0.25) is 0 Å². The van der Waals surface area contributed by atoms with Crippen molar-refractivity contribution in [3.8, 4) is 0 Å². The normalized spacial score (nSPS) is 12.0. The smallest absolute Gasteiger partial charge is 0.170 e. The van der Waals surface area contributed by atoms with E-state index in [1.165, 1.54) is 0 Å². The van der Waals surface area contributed by atoms with Crippen molar-refractivity contribution in [2.45, 2.75) is 33.2 Å². The molecule has 106 valence electrons. The van der Waals surface area contributed by atoms with Gasteiger partial charge >= 0.3 is 0 Å². The zero-order valence-corrected chi connectivity index (χ0v) is 11.3. The molecule has 6 heteroatoms. The van der Waals surface area contributed by atoms with E-state index in [-0.39, 0.29) is 23.1 Å². The zero-order chi connectivity index (χ0) is 14.6. The molecule has 0 aliphatic heterocycles. The minimum absolute atomic E-state index is 0.0152. The first-order chi connectivity index (χ1) is 8.92. The number of nitrogens with zero attached hydrogens (tertiary/aromatic N) is 2. The van der Waals surface area contributed by atoms with Crippen LogP contribution in [-0.4, -0.2) is 23.6 Å². The van der Waals surface area contributed by atoms with Gasteiger partial charge in [0.15, 0.2) is 5.84 Å². The molecule has 0 saturated heterocycles. The van der Waals surface area contributed by atoms with Crippen LogP contribution in [0.4, 0.5) is 14.5 Å². The summed E-state index contributed by atoms with van der Waals surface area (Å²) in [5.41, 5.74) is 5.27. The fourth-order valence-electron chi connectivity index (χ4n) is 1.91. The minimum atomic E-state index is -0.719. The molecule has 0 radical (unpaired) electrons. The van der Waals surface area contributed by atoms with Crippen LogP contribution in [0, 0.1) is 11.6 Å². The quantitative estimate of drug-likeness (QED) is 0.374. The number of halogens is 2. The summed E-state index contributed by atoms with van der Waals surface area (Å²) in [6.45, 7) is 6.22. The standard InChI is InChI=1S/C13H19F2N3O/c1-4-5-18(8(2)3)12-10(14)6-9(7-11(12)15)13(16)17-19/h6-8,19H,4-5H2,1-3H3,(H2,16,17). The van der Waals surface area contributed by atoms with Crippen molar-refractivity contribution in [3.05, 3.63) is 29.3 Å². The van der Waals surface area contributed by atoms with Crippen LogP contribution in [-0.2, 0) is 0 Å². The highest BCUT2D eigenvalue weighted by molar-refractivity contribution is 5.97. The Bertz CT molecular complexity index is 452. The van der Waals surface area contributed by atoms with Crippen molar-refractivity contribution in [1.82, 2.24) is 0 Å². The van der Waals surface area contributed by atoms with E-state index in [0.29, 0.717) is 6.54 Å². The molecule has 3 N–H and O–H groups in total. The topological polar surface area (TPSA) is 61.8 Å². The summed E-state index contributed by atoms with van der Waals surface area (Å²) in [6.07, 6.45) is 0.777. The molecule has 0 fully saturated rings. The summed E-state index contributed by atoms with van der Waals surface area (Å²) in [5.74, 6) is -1.76. The summed E-state index contributed by atoms with van der Waals surface area (Å²) in [7, 11) is 0. The fraction of sp³-hybridized carbons (Fsp3) is 0.462. The molecule has 0 heterocycles. The monoisotopic (exact) mass is 271 g/mol. The zero-order valence-electron chi connectivity index (χ0n) is 11.3. The molecule has 1 rings (SSSR count). The second-order valence-corrected chi connectivity index (χ2v) is 4.56. The van der Waals surface area contributed by atoms with E-state index in [2.05, 4.69) is 5.16 Å². The summed E-state index contributed by atoms with van der Waals surface area (Å²) in [5, 5.41) is 11.3. The number of hydrogen-bond acceptors (Lipinski definition) is 3. The number of amidine groups is 1. The van der Waals surface area contributed by atoms with E-state index in [9.17, 15) is 8.78 Å². The maximum atomic E-state index is 14.1. The molecule has 0 aliphatic carbocycles. The third-order valence-corrected chi connectivity index (χ3v) is 2.80. The molecule has 1 aromatic carbocycles. The van der Waals surface area contributed by atoms with Gasteiger partial charge in [0.25, 0.3) is 0 Å². The molecule has 4 nitrogen and oxygen atoms in total. The van der Waals surface area contributed by atoms with Gasteiger partial charge in [-0.2, -0.15) is 0 Å². The lowest BCUT2D eigenvalue weighted by molar-refractivity contribution is 0.318. The lowest BCUT2D eigenvalue weighted by atomic mass is 10.1. The average Bonchev–Trinajstić information content (AvgIpc) is 2.35. The lowest BCUT2D eigenvalue weighted by Gasteiger charge is -2.29. The molecule has 0 aromatic heterocycles. The van der Waals surface area contributed by atoms with Crippen molar-refractivity contribution in [2.75, 3.05) is 11.4 Å². The van der Waals surface area contributed by atoms with Gasteiger partial charge in [-0.25, -0.2) is 8.78 Å². The Kier molecular flexibility index (Phi) is 5.09. The number of anilines is 1. The molecular weight excluding hydrogens is 252 g/mol. The highest BCUT2D eigenvalue weighted by atomic mass is 19.1. The molecule has 0 spiro atoms. The first kappa shape index (κ1) is 15.2. The highest BCUT2D eigenvalue weighted by Gasteiger charge is 2.20. The van der Waals surface area contributed by atoms with E-state index < -0.39 is 11.6 Å². The Hall–Kier alpha value is -1.85. The Morgan fingerprint density at radius 2 is 1.89 bits per heavy atom. The first-order valence-electron chi connectivity index (χ1n) is 6.15. The predicted molar refractivity (Wildman–Crippen MR) is 71.6 cm³/mol. The van der Waals surface area contributed by atoms with Crippen LogP contribution in [0.2, 0.25) is 0 Å². The van der Waals surface area contributed by atoms with Gasteiger partial charge in [-0.1, -0.05) is 12.1 Å². The molecule has 1 aromatic rings. The minimum Gasteiger partial charge on any atom is -0.409 e. The number of oxime groups is 1. The van der Waals surface area contributed by atoms with Gasteiger partial charge in [-0.15, -0.1) is 0 Å². The van der Waals surface area contributed by atoms with Gasteiger partial charge in [-0.05, 0) is 32.4 Å². The Labute approximate surface area is 111 Å². The largest absolute Gasteiger partial charge is 0.409 e. The number of hydrogen-bond donors (Lipinski definition) is 2. The van der Waals surface area contributed by atoms with E-state index >= 15 is 0 Å². The summed E-state index contributed by atoms with van der Waals surface area (Å²) >= 11 is 0. The third-order valence-electron chi connectivity index (χ3n) is 2.80.